The van der Waals surface area contributed by atoms with Crippen molar-refractivity contribution in [3.05, 3.63) is 73.9 Å². The number of carbonyl (C=O) groups is 4. The Morgan fingerprint density at radius 1 is 1.00 bits per heavy atom. The molecule has 0 saturated heterocycles. The topological polar surface area (TPSA) is 149 Å². The number of aromatic nitrogens is 2. The van der Waals surface area contributed by atoms with Gasteiger partial charge < -0.3 is 29.2 Å². The molecule has 208 valence electrons. The van der Waals surface area contributed by atoms with Crippen molar-refractivity contribution in [2.24, 2.45) is 5.73 Å². The van der Waals surface area contributed by atoms with Gasteiger partial charge in [-0.25, -0.2) is 14.6 Å². The minimum absolute atomic E-state index is 0.0324. The van der Waals surface area contributed by atoms with E-state index in [-0.39, 0.29) is 37.6 Å². The number of nitrogens with two attached hydrogens (primary N) is 1. The summed E-state index contributed by atoms with van der Waals surface area (Å²) in [5.74, 6) is -1.07. The first-order chi connectivity index (χ1) is 18.2. The molecule has 0 atom stereocenters. The standard InChI is InChI=1S/C11H12O3.C10H14O5.C6H11N3/c1-2-11(12)14-9-8-13-10-6-4-3-5-7-10;1-7(2)10(13)15-5-4-14-9(12)6-8(3)11;7-2-1-4-9-5-3-8-6-9/h2-7H,1,8-9H2;1,4-6H2,2-3H3;3,5-6H,1-2,4,7H2. The normalized spacial score (nSPS) is 9.34. The average molecular weight is 532 g/mol. The summed E-state index contributed by atoms with van der Waals surface area (Å²) in [6.45, 7) is 11.7. The van der Waals surface area contributed by atoms with Crippen LogP contribution in [0.4, 0.5) is 0 Å². The second kappa shape index (κ2) is 22.0. The van der Waals surface area contributed by atoms with Crippen molar-refractivity contribution in [3.8, 4) is 5.75 Å². The van der Waals surface area contributed by atoms with Crippen LogP contribution in [0.1, 0.15) is 26.7 Å². The van der Waals surface area contributed by atoms with Gasteiger partial charge in [-0.3, -0.25) is 9.59 Å². The number of carbonyl (C=O) groups excluding carboxylic acids is 4. The fraction of sp³-hybridized carbons (Fsp3) is 0.370. The second-order valence-corrected chi connectivity index (χ2v) is 7.49. The number of rotatable bonds is 14. The largest absolute Gasteiger partial charge is 0.490 e. The maximum Gasteiger partial charge on any atom is 0.333 e. The van der Waals surface area contributed by atoms with Crippen molar-refractivity contribution in [2.45, 2.75) is 33.2 Å². The molecule has 1 heterocycles. The second-order valence-electron chi connectivity index (χ2n) is 7.49. The van der Waals surface area contributed by atoms with Crippen molar-refractivity contribution < 1.29 is 38.1 Å². The van der Waals surface area contributed by atoms with E-state index in [9.17, 15) is 19.2 Å². The van der Waals surface area contributed by atoms with Crippen molar-refractivity contribution in [1.82, 2.24) is 9.55 Å². The lowest BCUT2D eigenvalue weighted by atomic mass is 10.3. The van der Waals surface area contributed by atoms with Crippen molar-refractivity contribution in [3.63, 3.8) is 0 Å². The Balaban J connectivity index is 0.000000556. The minimum atomic E-state index is -0.617. The molecule has 0 aliphatic heterocycles. The fourth-order valence-electron chi connectivity index (χ4n) is 2.24. The summed E-state index contributed by atoms with van der Waals surface area (Å²) in [6.07, 6.45) is 7.41. The highest BCUT2D eigenvalue weighted by Gasteiger charge is 2.07. The molecule has 1 aromatic heterocycles. The van der Waals surface area contributed by atoms with Crippen molar-refractivity contribution in [1.29, 1.82) is 0 Å². The van der Waals surface area contributed by atoms with Crippen LogP contribution < -0.4 is 10.5 Å². The monoisotopic (exact) mass is 531 g/mol. The molecule has 38 heavy (non-hydrogen) atoms. The molecule has 1 aromatic carbocycles. The highest BCUT2D eigenvalue weighted by atomic mass is 16.6. The third kappa shape index (κ3) is 20.0. The van der Waals surface area contributed by atoms with Gasteiger partial charge in [-0.2, -0.15) is 0 Å². The number of hydrogen-bond acceptors (Lipinski definition) is 10. The number of para-hydroxylation sites is 1. The minimum Gasteiger partial charge on any atom is -0.490 e. The Bertz CT molecular complexity index is 975. The van der Waals surface area contributed by atoms with Crippen LogP contribution in [-0.2, 0) is 39.9 Å². The molecule has 0 saturated carbocycles. The fourth-order valence-corrected chi connectivity index (χ4v) is 2.24. The highest BCUT2D eigenvalue weighted by molar-refractivity contribution is 5.94. The molecule has 2 aromatic rings. The van der Waals surface area contributed by atoms with Gasteiger partial charge in [-0.15, -0.1) is 0 Å². The van der Waals surface area contributed by atoms with Gasteiger partial charge in [0, 0.05) is 30.6 Å². The van der Waals surface area contributed by atoms with Gasteiger partial charge in [0.2, 0.25) is 0 Å². The van der Waals surface area contributed by atoms with E-state index >= 15 is 0 Å². The van der Waals surface area contributed by atoms with E-state index in [4.69, 9.17) is 15.2 Å². The number of hydrogen-bond donors (Lipinski definition) is 1. The first kappa shape index (κ1) is 33.8. The summed E-state index contributed by atoms with van der Waals surface area (Å²) in [6, 6.07) is 9.35. The van der Waals surface area contributed by atoms with E-state index in [1.807, 2.05) is 41.1 Å². The quantitative estimate of drug-likeness (QED) is 0.127. The van der Waals surface area contributed by atoms with E-state index < -0.39 is 17.9 Å². The van der Waals surface area contributed by atoms with Crippen LogP contribution in [-0.4, -0.2) is 66.2 Å². The predicted molar refractivity (Wildman–Crippen MR) is 141 cm³/mol. The lowest BCUT2D eigenvalue weighted by Crippen LogP contribution is -2.15. The molecule has 0 amide bonds. The summed E-state index contributed by atoms with van der Waals surface area (Å²) in [5.41, 5.74) is 5.59. The molecule has 0 spiro atoms. The van der Waals surface area contributed by atoms with Crippen LogP contribution in [0.2, 0.25) is 0 Å². The molecule has 2 N–H and O–H groups in total. The van der Waals surface area contributed by atoms with Gasteiger partial charge in [0.25, 0.3) is 0 Å². The maximum atomic E-state index is 10.8. The van der Waals surface area contributed by atoms with Crippen LogP contribution in [0.25, 0.3) is 0 Å². The highest BCUT2D eigenvalue weighted by Crippen LogP contribution is 2.07. The van der Waals surface area contributed by atoms with Crippen molar-refractivity contribution in [2.75, 3.05) is 33.0 Å². The number of imidazole rings is 1. The van der Waals surface area contributed by atoms with Gasteiger partial charge in [-0.05, 0) is 38.9 Å². The zero-order valence-corrected chi connectivity index (χ0v) is 22.0. The van der Waals surface area contributed by atoms with E-state index in [2.05, 4.69) is 27.6 Å². The van der Waals surface area contributed by atoms with Crippen LogP contribution in [0.3, 0.4) is 0 Å². The molecule has 0 aliphatic carbocycles. The number of aryl methyl sites for hydroxylation is 1. The SMILES string of the molecule is C=C(C)C(=O)OCCOC(=O)CC(C)=O.C=CC(=O)OCCOc1ccccc1.NCCCn1ccnc1. The summed E-state index contributed by atoms with van der Waals surface area (Å²) >= 11 is 0. The van der Waals surface area contributed by atoms with Crippen LogP contribution in [0.15, 0.2) is 73.9 Å². The summed E-state index contributed by atoms with van der Waals surface area (Å²) in [5, 5.41) is 0. The molecule has 0 fully saturated rings. The number of Topliss-reactive ketones (excluding diaryl/α,β-unsaturated/α-hetero) is 1. The van der Waals surface area contributed by atoms with E-state index in [0.29, 0.717) is 6.61 Å². The summed E-state index contributed by atoms with van der Waals surface area (Å²) < 4.78 is 21.3. The molecular weight excluding hydrogens is 494 g/mol. The van der Waals surface area contributed by atoms with Gasteiger partial charge in [0.15, 0.2) is 0 Å². The van der Waals surface area contributed by atoms with E-state index in [1.165, 1.54) is 13.8 Å². The molecule has 0 radical (unpaired) electrons. The molecular formula is C27H37N3O8. The Morgan fingerprint density at radius 3 is 2.21 bits per heavy atom. The Labute approximate surface area is 223 Å². The number of nitrogens with zero attached hydrogens (tertiary/aromatic N) is 2. The van der Waals surface area contributed by atoms with E-state index in [1.54, 1.807) is 12.5 Å². The first-order valence-electron chi connectivity index (χ1n) is 11.8. The lowest BCUT2D eigenvalue weighted by Gasteiger charge is -2.05. The number of ketones is 1. The predicted octanol–water partition coefficient (Wildman–Crippen LogP) is 2.65. The van der Waals surface area contributed by atoms with Crippen molar-refractivity contribution >= 4 is 23.7 Å². The number of esters is 3. The zero-order chi connectivity index (χ0) is 28.6. The lowest BCUT2D eigenvalue weighted by molar-refractivity contribution is -0.151. The number of ether oxygens (including phenoxy) is 4. The molecule has 0 bridgehead atoms. The maximum absolute atomic E-state index is 10.8. The molecule has 11 heteroatoms. The van der Waals surface area contributed by atoms with Crippen LogP contribution in [0, 0.1) is 0 Å². The molecule has 0 aliphatic rings. The molecule has 11 nitrogen and oxygen atoms in total. The van der Waals surface area contributed by atoms with Gasteiger partial charge in [0.05, 0.1) is 6.33 Å². The van der Waals surface area contributed by atoms with Gasteiger partial charge in [-0.1, -0.05) is 31.4 Å². The molecule has 0 unspecified atom stereocenters. The van der Waals surface area contributed by atoms with Crippen LogP contribution in [0.5, 0.6) is 5.75 Å². The Morgan fingerprint density at radius 2 is 1.66 bits per heavy atom. The smallest absolute Gasteiger partial charge is 0.333 e. The van der Waals surface area contributed by atoms with Gasteiger partial charge in [0.1, 0.15) is 44.4 Å². The van der Waals surface area contributed by atoms with Crippen LogP contribution >= 0.6 is 0 Å². The third-order valence-electron chi connectivity index (χ3n) is 4.01. The number of benzene rings is 1. The molecule has 2 rings (SSSR count). The zero-order valence-electron chi connectivity index (χ0n) is 22.0. The van der Waals surface area contributed by atoms with Gasteiger partial charge >= 0.3 is 17.9 Å². The Hall–Kier alpha value is -4.25. The van der Waals surface area contributed by atoms with E-state index in [0.717, 1.165) is 31.3 Å². The first-order valence-corrected chi connectivity index (χ1v) is 11.8. The Kier molecular flexibility index (Phi) is 19.5. The summed E-state index contributed by atoms with van der Waals surface area (Å²) in [4.78, 5) is 46.7. The average Bonchev–Trinajstić information content (AvgIpc) is 3.42. The third-order valence-corrected chi connectivity index (χ3v) is 4.01. The summed E-state index contributed by atoms with van der Waals surface area (Å²) in [7, 11) is 0.